The molecule has 9 rings (SSSR count). The molecule has 1 unspecified atom stereocenters. The molecule has 0 amide bonds. The quantitative estimate of drug-likeness (QED) is 0.177. The summed E-state index contributed by atoms with van der Waals surface area (Å²) in [5, 5.41) is 7.52. The van der Waals surface area contributed by atoms with E-state index in [1.54, 1.807) is 24.8 Å². The summed E-state index contributed by atoms with van der Waals surface area (Å²) in [4.78, 5) is 23.4. The Morgan fingerprint density at radius 1 is 0.449 bits per heavy atom. The Hall–Kier alpha value is -6.33. The maximum absolute atomic E-state index is 5.07. The van der Waals surface area contributed by atoms with Crippen molar-refractivity contribution < 1.29 is 0 Å². The molecule has 0 aliphatic heterocycles. The number of pyridine rings is 2. The summed E-state index contributed by atoms with van der Waals surface area (Å²) in [7, 11) is 0. The number of allylic oxidation sites excluding steroid dienone is 4. The Morgan fingerprint density at radius 2 is 0.959 bits per heavy atom. The van der Waals surface area contributed by atoms with E-state index in [0.717, 1.165) is 23.1 Å². The Balaban J connectivity index is 1.26. The molecule has 1 aliphatic carbocycles. The molecule has 5 aromatic carbocycles. The minimum atomic E-state index is 0.375. The summed E-state index contributed by atoms with van der Waals surface area (Å²) in [6.07, 6.45) is 12.4. The van der Waals surface area contributed by atoms with Crippen LogP contribution < -0.4 is 0 Å². The largest absolute Gasteiger partial charge is 0.265 e. The third-order valence-corrected chi connectivity index (χ3v) is 9.49. The van der Waals surface area contributed by atoms with Gasteiger partial charge < -0.3 is 0 Å². The van der Waals surface area contributed by atoms with Crippen LogP contribution in [0.15, 0.2) is 152 Å². The zero-order chi connectivity index (χ0) is 32.7. The molecule has 49 heavy (non-hydrogen) atoms. The van der Waals surface area contributed by atoms with Gasteiger partial charge in [-0.05, 0) is 103 Å². The number of aromatic nitrogens is 5. The average Bonchev–Trinajstić information content (AvgIpc) is 3.18. The number of benzene rings is 5. The first kappa shape index (κ1) is 28.9. The molecule has 5 nitrogen and oxygen atoms in total. The average molecular weight is 630 g/mol. The van der Waals surface area contributed by atoms with Crippen molar-refractivity contribution in [3.05, 3.63) is 164 Å². The molecule has 5 heteroatoms. The lowest BCUT2D eigenvalue weighted by molar-refractivity contribution is 0.750. The van der Waals surface area contributed by atoms with Crippen molar-refractivity contribution in [2.24, 2.45) is 5.92 Å². The van der Waals surface area contributed by atoms with Crippen molar-refractivity contribution in [3.63, 3.8) is 0 Å². The van der Waals surface area contributed by atoms with Gasteiger partial charge in [0.15, 0.2) is 17.5 Å². The molecule has 1 aliphatic rings. The summed E-state index contributed by atoms with van der Waals surface area (Å²) >= 11 is 0. The van der Waals surface area contributed by atoms with Crippen LogP contribution in [0.5, 0.6) is 0 Å². The van der Waals surface area contributed by atoms with Crippen LogP contribution in [-0.4, -0.2) is 24.9 Å². The summed E-state index contributed by atoms with van der Waals surface area (Å²) < 4.78 is 0. The molecular weight excluding hydrogens is 599 g/mol. The monoisotopic (exact) mass is 629 g/mol. The summed E-state index contributed by atoms with van der Waals surface area (Å²) in [6, 6.07) is 41.0. The van der Waals surface area contributed by atoms with Gasteiger partial charge >= 0.3 is 0 Å². The van der Waals surface area contributed by atoms with Crippen molar-refractivity contribution in [1.29, 1.82) is 0 Å². The predicted octanol–water partition coefficient (Wildman–Crippen LogP) is 10.6. The molecule has 0 spiro atoms. The fraction of sp³-hybridized carbons (Fsp3) is 0.0682. The standard InChI is InChI=1S/C44H31N5/c1-28-11-14-38(44-48-42(30-17-21-45-22-18-30)47-43(49-44)31-19-23-46-24-20-31)39(25-28)33-13-16-37-36-15-12-32(29-7-3-2-4-8-29)26-40(36)34-9-5-6-10-35(34)41(37)27-33/h2-24,26-28H,25H2,1H3. The molecule has 8 aromatic rings. The van der Waals surface area contributed by atoms with Crippen molar-refractivity contribution in [3.8, 4) is 33.9 Å². The van der Waals surface area contributed by atoms with Gasteiger partial charge in [0.2, 0.25) is 0 Å². The highest BCUT2D eigenvalue weighted by atomic mass is 15.0. The van der Waals surface area contributed by atoms with Gasteiger partial charge in [-0.3, -0.25) is 9.97 Å². The molecule has 1 atom stereocenters. The maximum atomic E-state index is 5.07. The Bertz CT molecular complexity index is 2500. The van der Waals surface area contributed by atoms with Crippen LogP contribution in [-0.2, 0) is 0 Å². The number of hydrogen-bond acceptors (Lipinski definition) is 5. The minimum absolute atomic E-state index is 0.375. The Morgan fingerprint density at radius 3 is 1.57 bits per heavy atom. The third-order valence-electron chi connectivity index (χ3n) is 9.49. The number of nitrogens with zero attached hydrogens (tertiary/aromatic N) is 5. The molecule has 0 fully saturated rings. The van der Waals surface area contributed by atoms with Crippen LogP contribution in [0.25, 0.3) is 77.4 Å². The summed E-state index contributed by atoms with van der Waals surface area (Å²) in [5.41, 5.74) is 7.66. The summed E-state index contributed by atoms with van der Waals surface area (Å²) in [6.45, 7) is 2.26. The van der Waals surface area contributed by atoms with Gasteiger partial charge in [-0.15, -0.1) is 0 Å². The molecule has 3 heterocycles. The highest BCUT2D eigenvalue weighted by molar-refractivity contribution is 6.26. The molecule has 0 saturated carbocycles. The van der Waals surface area contributed by atoms with Gasteiger partial charge in [-0.1, -0.05) is 97.9 Å². The minimum Gasteiger partial charge on any atom is -0.265 e. The van der Waals surface area contributed by atoms with E-state index >= 15 is 0 Å². The van der Waals surface area contributed by atoms with E-state index in [1.807, 2.05) is 24.3 Å². The molecule has 0 saturated heterocycles. The van der Waals surface area contributed by atoms with E-state index in [4.69, 9.17) is 15.0 Å². The van der Waals surface area contributed by atoms with E-state index in [9.17, 15) is 0 Å². The fourth-order valence-electron chi connectivity index (χ4n) is 7.06. The topological polar surface area (TPSA) is 64.5 Å². The zero-order valence-electron chi connectivity index (χ0n) is 27.0. The first-order valence-electron chi connectivity index (χ1n) is 16.6. The van der Waals surface area contributed by atoms with Gasteiger partial charge in [-0.2, -0.15) is 0 Å². The van der Waals surface area contributed by atoms with Gasteiger partial charge in [-0.25, -0.2) is 15.0 Å². The molecule has 0 N–H and O–H groups in total. The van der Waals surface area contributed by atoms with Crippen LogP contribution in [0, 0.1) is 5.92 Å². The van der Waals surface area contributed by atoms with Crippen LogP contribution in [0.4, 0.5) is 0 Å². The lowest BCUT2D eigenvalue weighted by atomic mass is 9.84. The lowest BCUT2D eigenvalue weighted by Crippen LogP contribution is -2.07. The van der Waals surface area contributed by atoms with E-state index in [0.29, 0.717) is 23.4 Å². The van der Waals surface area contributed by atoms with E-state index < -0.39 is 0 Å². The van der Waals surface area contributed by atoms with Crippen molar-refractivity contribution >= 4 is 43.5 Å². The van der Waals surface area contributed by atoms with Gasteiger partial charge in [0.05, 0.1) is 0 Å². The first-order valence-corrected chi connectivity index (χ1v) is 16.6. The fourth-order valence-corrected chi connectivity index (χ4v) is 7.06. The van der Waals surface area contributed by atoms with Crippen molar-refractivity contribution in [1.82, 2.24) is 24.9 Å². The van der Waals surface area contributed by atoms with Gasteiger partial charge in [0, 0.05) is 41.5 Å². The Kier molecular flexibility index (Phi) is 7.09. The molecule has 232 valence electrons. The predicted molar refractivity (Wildman–Crippen MR) is 200 cm³/mol. The third kappa shape index (κ3) is 5.26. The second-order valence-electron chi connectivity index (χ2n) is 12.6. The molecule has 0 radical (unpaired) electrons. The van der Waals surface area contributed by atoms with E-state index in [2.05, 4.69) is 120 Å². The van der Waals surface area contributed by atoms with E-state index in [-0.39, 0.29) is 0 Å². The lowest BCUT2D eigenvalue weighted by Gasteiger charge is -2.21. The maximum Gasteiger partial charge on any atom is 0.164 e. The SMILES string of the molecule is CC1C=CC(c2nc(-c3ccncc3)nc(-c3ccncc3)n2)=C(c2ccc3c4ccc(-c5ccccc5)cc4c4ccccc4c3c2)C1. The summed E-state index contributed by atoms with van der Waals surface area (Å²) in [5.74, 6) is 2.26. The van der Waals surface area contributed by atoms with Gasteiger partial charge in [0.25, 0.3) is 0 Å². The normalized spacial score (nSPS) is 14.6. The number of rotatable bonds is 5. The second-order valence-corrected chi connectivity index (χ2v) is 12.6. The van der Waals surface area contributed by atoms with Crippen LogP contribution >= 0.6 is 0 Å². The Labute approximate surface area is 284 Å². The zero-order valence-corrected chi connectivity index (χ0v) is 27.0. The van der Waals surface area contributed by atoms with Crippen LogP contribution in [0.1, 0.15) is 24.7 Å². The highest BCUT2D eigenvalue weighted by Gasteiger charge is 2.22. The van der Waals surface area contributed by atoms with Crippen molar-refractivity contribution in [2.75, 3.05) is 0 Å². The first-order chi connectivity index (χ1) is 24.2. The van der Waals surface area contributed by atoms with Gasteiger partial charge in [0.1, 0.15) is 0 Å². The highest BCUT2D eigenvalue weighted by Crippen LogP contribution is 2.41. The molecular formula is C44H31N5. The second kappa shape index (κ2) is 12.0. The number of hydrogen-bond donors (Lipinski definition) is 0. The number of fused-ring (bicyclic) bond motifs is 6. The smallest absolute Gasteiger partial charge is 0.164 e. The van der Waals surface area contributed by atoms with Crippen LogP contribution in [0.2, 0.25) is 0 Å². The van der Waals surface area contributed by atoms with E-state index in [1.165, 1.54) is 54.6 Å². The molecule has 3 aromatic heterocycles. The van der Waals surface area contributed by atoms with Crippen molar-refractivity contribution in [2.45, 2.75) is 13.3 Å². The molecule has 0 bridgehead atoms. The van der Waals surface area contributed by atoms with Crippen LogP contribution in [0.3, 0.4) is 0 Å².